The highest BCUT2D eigenvalue weighted by Gasteiger charge is 2.13. The van der Waals surface area contributed by atoms with E-state index in [0.717, 1.165) is 5.56 Å². The number of primary amides is 1. The molecule has 132 valence electrons. The smallest absolute Gasteiger partial charge is 0.332 e. The van der Waals surface area contributed by atoms with Gasteiger partial charge in [0.1, 0.15) is 6.61 Å². The van der Waals surface area contributed by atoms with Gasteiger partial charge in [0.15, 0.2) is 11.5 Å². The van der Waals surface area contributed by atoms with E-state index in [1.165, 1.54) is 13.3 Å². The zero-order valence-corrected chi connectivity index (χ0v) is 15.3. The van der Waals surface area contributed by atoms with Crippen LogP contribution in [0.1, 0.15) is 11.1 Å². The normalized spacial score (nSPS) is 10.7. The Kier molecular flexibility index (Phi) is 6.75. The van der Waals surface area contributed by atoms with E-state index >= 15 is 0 Å². The summed E-state index contributed by atoms with van der Waals surface area (Å²) in [7, 11) is 1.48. The summed E-state index contributed by atoms with van der Waals surface area (Å²) >= 11 is 18.3. The molecule has 0 aliphatic carbocycles. The fourth-order valence-corrected chi connectivity index (χ4v) is 2.65. The van der Waals surface area contributed by atoms with Crippen molar-refractivity contribution in [3.05, 3.63) is 56.5 Å². The monoisotopic (exact) mass is 401 g/mol. The average Bonchev–Trinajstić information content (AvgIpc) is 2.54. The number of ether oxygens (including phenoxy) is 2. The summed E-state index contributed by atoms with van der Waals surface area (Å²) in [5, 5.41) is 5.01. The van der Waals surface area contributed by atoms with E-state index in [4.69, 9.17) is 50.0 Å². The van der Waals surface area contributed by atoms with Crippen LogP contribution in [0.5, 0.6) is 11.5 Å². The number of amides is 2. The summed E-state index contributed by atoms with van der Waals surface area (Å²) in [6.07, 6.45) is 1.37. The van der Waals surface area contributed by atoms with Crippen LogP contribution in [-0.2, 0) is 6.61 Å². The number of urea groups is 1. The van der Waals surface area contributed by atoms with Gasteiger partial charge in [-0.2, -0.15) is 5.10 Å². The summed E-state index contributed by atoms with van der Waals surface area (Å²) in [6.45, 7) is 0.183. The van der Waals surface area contributed by atoms with Crippen LogP contribution in [0.4, 0.5) is 4.79 Å². The SMILES string of the molecule is COc1cc(C=NNC(N)=O)cc(Cl)c1OCc1ccc(Cl)cc1Cl. The van der Waals surface area contributed by atoms with E-state index in [1.807, 2.05) is 0 Å². The highest BCUT2D eigenvalue weighted by atomic mass is 35.5. The molecule has 2 rings (SSSR count). The molecule has 0 aliphatic rings. The second-order valence-electron chi connectivity index (χ2n) is 4.79. The van der Waals surface area contributed by atoms with Gasteiger partial charge in [-0.1, -0.05) is 40.9 Å². The minimum atomic E-state index is -0.769. The molecule has 2 aromatic carbocycles. The number of carbonyl (C=O) groups excluding carboxylic acids is 1. The van der Waals surface area contributed by atoms with Crippen molar-refractivity contribution >= 4 is 47.0 Å². The average molecular weight is 403 g/mol. The molecule has 0 spiro atoms. The van der Waals surface area contributed by atoms with Crippen molar-refractivity contribution < 1.29 is 14.3 Å². The molecule has 0 heterocycles. The van der Waals surface area contributed by atoms with E-state index in [1.54, 1.807) is 30.3 Å². The first kappa shape index (κ1) is 19.2. The van der Waals surface area contributed by atoms with Crippen LogP contribution in [0.15, 0.2) is 35.4 Å². The number of methoxy groups -OCH3 is 1. The van der Waals surface area contributed by atoms with Crippen molar-refractivity contribution in [1.82, 2.24) is 5.43 Å². The number of carbonyl (C=O) groups is 1. The predicted molar refractivity (Wildman–Crippen MR) is 99.1 cm³/mol. The Labute approximate surface area is 159 Å². The minimum Gasteiger partial charge on any atom is -0.493 e. The molecule has 0 saturated heterocycles. The fourth-order valence-electron chi connectivity index (χ4n) is 1.91. The molecule has 9 heteroatoms. The van der Waals surface area contributed by atoms with E-state index in [2.05, 4.69) is 10.5 Å². The minimum absolute atomic E-state index is 0.183. The third kappa shape index (κ3) is 5.42. The van der Waals surface area contributed by atoms with E-state index in [9.17, 15) is 4.79 Å². The third-order valence-corrected chi connectivity index (χ3v) is 3.89. The van der Waals surface area contributed by atoms with Gasteiger partial charge in [-0.25, -0.2) is 10.2 Å². The summed E-state index contributed by atoms with van der Waals surface area (Å²) in [6, 6.07) is 7.60. The number of nitrogens with zero attached hydrogens (tertiary/aromatic N) is 1. The standard InChI is InChI=1S/C16H14Cl3N3O3/c1-24-14-5-9(7-21-22-16(20)23)4-13(19)15(14)25-8-10-2-3-11(17)6-12(10)18/h2-7H,8H2,1H3,(H3,20,22,23). The molecule has 0 bridgehead atoms. The molecule has 0 aliphatic heterocycles. The Morgan fingerprint density at radius 3 is 2.64 bits per heavy atom. The lowest BCUT2D eigenvalue weighted by Crippen LogP contribution is -2.24. The molecule has 0 unspecified atom stereocenters. The molecule has 2 amide bonds. The Hall–Kier alpha value is -2.15. The number of rotatable bonds is 6. The van der Waals surface area contributed by atoms with Gasteiger partial charge in [-0.3, -0.25) is 0 Å². The summed E-state index contributed by atoms with van der Waals surface area (Å²) < 4.78 is 11.0. The largest absolute Gasteiger partial charge is 0.493 e. The first-order valence-corrected chi connectivity index (χ1v) is 8.07. The number of benzene rings is 2. The first-order valence-electron chi connectivity index (χ1n) is 6.93. The Balaban J connectivity index is 2.19. The highest BCUT2D eigenvalue weighted by molar-refractivity contribution is 6.35. The third-order valence-electron chi connectivity index (χ3n) is 3.03. The summed E-state index contributed by atoms with van der Waals surface area (Å²) in [5.41, 5.74) is 8.36. The van der Waals surface area contributed by atoms with Gasteiger partial charge in [-0.15, -0.1) is 0 Å². The van der Waals surface area contributed by atoms with Crippen molar-refractivity contribution in [1.29, 1.82) is 0 Å². The number of hydrogen-bond donors (Lipinski definition) is 2. The maximum atomic E-state index is 10.6. The quantitative estimate of drug-likeness (QED) is 0.560. The number of halogens is 3. The first-order chi connectivity index (χ1) is 11.9. The molecule has 0 aromatic heterocycles. The predicted octanol–water partition coefficient (Wildman–Crippen LogP) is 4.24. The topological polar surface area (TPSA) is 85.9 Å². The van der Waals surface area contributed by atoms with Crippen LogP contribution < -0.4 is 20.6 Å². The number of hydrogen-bond acceptors (Lipinski definition) is 4. The van der Waals surface area contributed by atoms with Crippen molar-refractivity contribution in [2.45, 2.75) is 6.61 Å². The van der Waals surface area contributed by atoms with Crippen LogP contribution in [0.25, 0.3) is 0 Å². The molecule has 0 radical (unpaired) electrons. The lowest BCUT2D eigenvalue weighted by molar-refractivity contribution is 0.249. The van der Waals surface area contributed by atoms with Gasteiger partial charge in [0, 0.05) is 15.6 Å². The van der Waals surface area contributed by atoms with Crippen molar-refractivity contribution in [2.75, 3.05) is 7.11 Å². The summed E-state index contributed by atoms with van der Waals surface area (Å²) in [4.78, 5) is 10.6. The van der Waals surface area contributed by atoms with Crippen LogP contribution in [0.3, 0.4) is 0 Å². The van der Waals surface area contributed by atoms with Crippen LogP contribution >= 0.6 is 34.8 Å². The summed E-state index contributed by atoms with van der Waals surface area (Å²) in [5.74, 6) is 0.758. The lowest BCUT2D eigenvalue weighted by atomic mass is 10.2. The van der Waals surface area contributed by atoms with E-state index in [-0.39, 0.29) is 6.61 Å². The highest BCUT2D eigenvalue weighted by Crippen LogP contribution is 2.37. The van der Waals surface area contributed by atoms with Crippen molar-refractivity contribution in [3.63, 3.8) is 0 Å². The molecule has 6 nitrogen and oxygen atoms in total. The zero-order valence-electron chi connectivity index (χ0n) is 13.1. The Bertz CT molecular complexity index is 813. The fraction of sp³-hybridized carbons (Fsp3) is 0.125. The zero-order chi connectivity index (χ0) is 18.4. The van der Waals surface area contributed by atoms with Gasteiger partial charge in [-0.05, 0) is 29.8 Å². The van der Waals surface area contributed by atoms with Gasteiger partial charge < -0.3 is 15.2 Å². The second kappa shape index (κ2) is 8.80. The van der Waals surface area contributed by atoms with Crippen LogP contribution in [-0.4, -0.2) is 19.4 Å². The second-order valence-corrected chi connectivity index (χ2v) is 6.04. The Morgan fingerprint density at radius 1 is 1.24 bits per heavy atom. The van der Waals surface area contributed by atoms with Gasteiger partial charge in [0.25, 0.3) is 0 Å². The van der Waals surface area contributed by atoms with E-state index in [0.29, 0.717) is 32.1 Å². The molecule has 0 saturated carbocycles. The molecule has 0 atom stereocenters. The Morgan fingerprint density at radius 2 is 2.00 bits per heavy atom. The van der Waals surface area contributed by atoms with Crippen LogP contribution in [0, 0.1) is 0 Å². The van der Waals surface area contributed by atoms with Crippen molar-refractivity contribution in [3.8, 4) is 11.5 Å². The maximum Gasteiger partial charge on any atom is 0.332 e. The lowest BCUT2D eigenvalue weighted by Gasteiger charge is -2.14. The molecule has 2 aromatic rings. The van der Waals surface area contributed by atoms with Gasteiger partial charge in [0.2, 0.25) is 0 Å². The number of hydrazone groups is 1. The molecule has 3 N–H and O–H groups in total. The van der Waals surface area contributed by atoms with Gasteiger partial charge >= 0.3 is 6.03 Å². The molecular weight excluding hydrogens is 389 g/mol. The number of nitrogens with one attached hydrogen (secondary N) is 1. The van der Waals surface area contributed by atoms with Crippen molar-refractivity contribution in [2.24, 2.45) is 10.8 Å². The maximum absolute atomic E-state index is 10.6. The van der Waals surface area contributed by atoms with Crippen LogP contribution in [0.2, 0.25) is 15.1 Å². The van der Waals surface area contributed by atoms with Gasteiger partial charge in [0.05, 0.1) is 18.3 Å². The molecule has 25 heavy (non-hydrogen) atoms. The molecular formula is C16H14Cl3N3O3. The number of nitrogens with two attached hydrogens (primary N) is 1. The molecule has 0 fully saturated rings. The van der Waals surface area contributed by atoms with E-state index < -0.39 is 6.03 Å².